The van der Waals surface area contributed by atoms with Crippen LogP contribution in [-0.4, -0.2) is 36.6 Å². The molecule has 6 rings (SSSR count). The minimum absolute atomic E-state index is 0. The highest BCUT2D eigenvalue weighted by molar-refractivity contribution is 6.33. The standard InChI is InChI=1S/C22H30ClN3O2.ClH/c23-19-12-25-20(28-17-1-3-24-4-2-17)8-18(19)21(27)26-13-22-9-14-5-15(10-22)7-16(6-14)11-22;/h8,12,14-17,24H,1-7,9-11,13H2,(H,26,27);1H. The molecule has 1 aliphatic heterocycles. The van der Waals surface area contributed by atoms with Gasteiger partial charge in [0.2, 0.25) is 5.88 Å². The second-order valence-electron chi connectivity index (χ2n) is 9.67. The molecule has 0 aromatic carbocycles. The zero-order chi connectivity index (χ0) is 19.1. The lowest BCUT2D eigenvalue weighted by Gasteiger charge is -2.56. The highest BCUT2D eigenvalue weighted by atomic mass is 35.5. The van der Waals surface area contributed by atoms with E-state index < -0.39 is 0 Å². The van der Waals surface area contributed by atoms with Crippen molar-refractivity contribution < 1.29 is 9.53 Å². The first kappa shape index (κ1) is 21.2. The molecule has 4 aliphatic carbocycles. The summed E-state index contributed by atoms with van der Waals surface area (Å²) in [6.45, 7) is 2.69. The average molecular weight is 440 g/mol. The number of halogens is 2. The Labute approximate surface area is 184 Å². The van der Waals surface area contributed by atoms with E-state index in [9.17, 15) is 4.79 Å². The monoisotopic (exact) mass is 439 g/mol. The van der Waals surface area contributed by atoms with E-state index in [-0.39, 0.29) is 24.4 Å². The topological polar surface area (TPSA) is 63.2 Å². The van der Waals surface area contributed by atoms with E-state index in [1.54, 1.807) is 6.07 Å². The van der Waals surface area contributed by atoms with Gasteiger partial charge in [-0.25, -0.2) is 4.98 Å². The fraction of sp³-hybridized carbons (Fsp3) is 0.727. The van der Waals surface area contributed by atoms with E-state index in [4.69, 9.17) is 16.3 Å². The number of nitrogens with zero attached hydrogens (tertiary/aromatic N) is 1. The number of carbonyl (C=O) groups excluding carboxylic acids is 1. The molecule has 0 radical (unpaired) electrons. The predicted molar refractivity (Wildman–Crippen MR) is 116 cm³/mol. The molecule has 1 saturated heterocycles. The molecule has 4 bridgehead atoms. The number of hydrogen-bond acceptors (Lipinski definition) is 4. The number of hydrogen-bond donors (Lipinski definition) is 2. The van der Waals surface area contributed by atoms with Crippen LogP contribution in [0.4, 0.5) is 0 Å². The van der Waals surface area contributed by atoms with E-state index in [2.05, 4.69) is 15.6 Å². The fourth-order valence-corrected chi connectivity index (χ4v) is 6.80. The van der Waals surface area contributed by atoms with Gasteiger partial charge in [-0.05, 0) is 87.6 Å². The van der Waals surface area contributed by atoms with Crippen molar-refractivity contribution in [3.05, 3.63) is 22.8 Å². The molecular formula is C22H31Cl2N3O2. The highest BCUT2D eigenvalue weighted by Gasteiger charge is 2.50. The molecule has 4 saturated carbocycles. The molecule has 160 valence electrons. The van der Waals surface area contributed by atoms with Crippen LogP contribution < -0.4 is 15.4 Å². The van der Waals surface area contributed by atoms with Crippen molar-refractivity contribution in [3.8, 4) is 5.88 Å². The van der Waals surface area contributed by atoms with Crippen molar-refractivity contribution in [2.45, 2.75) is 57.5 Å². The summed E-state index contributed by atoms with van der Waals surface area (Å²) in [5.74, 6) is 3.06. The van der Waals surface area contributed by atoms with Crippen molar-refractivity contribution in [2.24, 2.45) is 23.2 Å². The molecule has 1 aromatic heterocycles. The lowest BCUT2D eigenvalue weighted by Crippen LogP contribution is -2.51. The van der Waals surface area contributed by atoms with E-state index in [0.29, 0.717) is 21.9 Å². The molecule has 0 atom stereocenters. The largest absolute Gasteiger partial charge is 0.474 e. The maximum Gasteiger partial charge on any atom is 0.253 e. The Hall–Kier alpha value is -1.04. The Balaban J connectivity index is 0.00000205. The van der Waals surface area contributed by atoms with Gasteiger partial charge in [-0.3, -0.25) is 4.79 Å². The van der Waals surface area contributed by atoms with Crippen LogP contribution in [0.15, 0.2) is 12.3 Å². The first-order valence-electron chi connectivity index (χ1n) is 10.9. The molecule has 2 N–H and O–H groups in total. The maximum absolute atomic E-state index is 12.9. The molecular weight excluding hydrogens is 409 g/mol. The number of piperidine rings is 1. The van der Waals surface area contributed by atoms with Crippen LogP contribution in [-0.2, 0) is 0 Å². The summed E-state index contributed by atoms with van der Waals surface area (Å²) in [7, 11) is 0. The zero-order valence-electron chi connectivity index (χ0n) is 16.8. The minimum atomic E-state index is -0.0988. The predicted octanol–water partition coefficient (Wildman–Crippen LogP) is 4.23. The third-order valence-corrected chi connectivity index (χ3v) is 7.74. The summed E-state index contributed by atoms with van der Waals surface area (Å²) in [5, 5.41) is 6.92. The zero-order valence-corrected chi connectivity index (χ0v) is 18.4. The van der Waals surface area contributed by atoms with Gasteiger partial charge in [-0.15, -0.1) is 12.4 Å². The summed E-state index contributed by atoms with van der Waals surface area (Å²) in [6.07, 6.45) is 11.7. The third-order valence-electron chi connectivity index (χ3n) is 7.44. The Morgan fingerprint density at radius 3 is 2.41 bits per heavy atom. The van der Waals surface area contributed by atoms with Gasteiger partial charge in [0.25, 0.3) is 5.91 Å². The van der Waals surface area contributed by atoms with Gasteiger partial charge < -0.3 is 15.4 Å². The van der Waals surface area contributed by atoms with E-state index in [1.165, 1.54) is 44.7 Å². The lowest BCUT2D eigenvalue weighted by molar-refractivity contribution is -0.0503. The normalized spacial score (nSPS) is 33.2. The molecule has 5 fully saturated rings. The third kappa shape index (κ3) is 4.52. The van der Waals surface area contributed by atoms with Gasteiger partial charge in [0.1, 0.15) is 6.10 Å². The van der Waals surface area contributed by atoms with Crippen LogP contribution in [0, 0.1) is 23.2 Å². The second-order valence-corrected chi connectivity index (χ2v) is 10.1. The van der Waals surface area contributed by atoms with Crippen LogP contribution in [0.25, 0.3) is 0 Å². The SMILES string of the molecule is Cl.O=C(NCC12CC3CC(CC(C3)C1)C2)c1cc(OC2CCNCC2)ncc1Cl. The maximum atomic E-state index is 12.9. The number of aromatic nitrogens is 1. The molecule has 29 heavy (non-hydrogen) atoms. The van der Waals surface area contributed by atoms with Gasteiger partial charge >= 0.3 is 0 Å². The lowest BCUT2D eigenvalue weighted by atomic mass is 9.49. The van der Waals surface area contributed by atoms with Gasteiger partial charge in [0, 0.05) is 12.6 Å². The van der Waals surface area contributed by atoms with Crippen LogP contribution in [0.1, 0.15) is 61.7 Å². The van der Waals surface area contributed by atoms with E-state index >= 15 is 0 Å². The molecule has 1 aromatic rings. The molecule has 5 nitrogen and oxygen atoms in total. The summed E-state index contributed by atoms with van der Waals surface area (Å²) in [6, 6.07) is 1.71. The van der Waals surface area contributed by atoms with E-state index in [0.717, 1.165) is 50.2 Å². The Morgan fingerprint density at radius 2 is 1.79 bits per heavy atom. The highest BCUT2D eigenvalue weighted by Crippen LogP contribution is 2.59. The Bertz CT molecular complexity index is 716. The molecule has 0 unspecified atom stereocenters. The van der Waals surface area contributed by atoms with Crippen LogP contribution in [0.3, 0.4) is 0 Å². The quantitative estimate of drug-likeness (QED) is 0.719. The number of pyridine rings is 1. The van der Waals surface area contributed by atoms with Gasteiger partial charge in [-0.2, -0.15) is 0 Å². The van der Waals surface area contributed by atoms with E-state index in [1.807, 2.05) is 0 Å². The summed E-state index contributed by atoms with van der Waals surface area (Å²) in [5.41, 5.74) is 0.795. The molecule has 1 amide bonds. The molecule has 2 heterocycles. The van der Waals surface area contributed by atoms with Crippen molar-refractivity contribution in [1.82, 2.24) is 15.6 Å². The smallest absolute Gasteiger partial charge is 0.253 e. The van der Waals surface area contributed by atoms with Gasteiger partial charge in [-0.1, -0.05) is 11.6 Å². The molecule has 7 heteroatoms. The van der Waals surface area contributed by atoms with Crippen molar-refractivity contribution >= 4 is 29.9 Å². The Morgan fingerprint density at radius 1 is 1.17 bits per heavy atom. The average Bonchev–Trinajstić information content (AvgIpc) is 2.67. The minimum Gasteiger partial charge on any atom is -0.474 e. The van der Waals surface area contributed by atoms with Gasteiger partial charge in [0.15, 0.2) is 0 Å². The van der Waals surface area contributed by atoms with Crippen LogP contribution in [0.5, 0.6) is 5.88 Å². The van der Waals surface area contributed by atoms with Crippen molar-refractivity contribution in [3.63, 3.8) is 0 Å². The van der Waals surface area contributed by atoms with Crippen LogP contribution >= 0.6 is 24.0 Å². The summed E-state index contributed by atoms with van der Waals surface area (Å²) < 4.78 is 5.99. The van der Waals surface area contributed by atoms with Gasteiger partial charge in [0.05, 0.1) is 16.8 Å². The number of nitrogens with one attached hydrogen (secondary N) is 2. The molecule has 0 spiro atoms. The number of rotatable bonds is 5. The number of carbonyl (C=O) groups is 1. The summed E-state index contributed by atoms with van der Waals surface area (Å²) in [4.78, 5) is 17.2. The summed E-state index contributed by atoms with van der Waals surface area (Å²) >= 11 is 6.30. The number of ether oxygens (including phenoxy) is 1. The molecule has 5 aliphatic rings. The van der Waals surface area contributed by atoms with Crippen LogP contribution in [0.2, 0.25) is 5.02 Å². The van der Waals surface area contributed by atoms with Crippen molar-refractivity contribution in [2.75, 3.05) is 19.6 Å². The fourth-order valence-electron chi connectivity index (χ4n) is 6.61. The first-order chi connectivity index (χ1) is 13.6. The van der Waals surface area contributed by atoms with Crippen molar-refractivity contribution in [1.29, 1.82) is 0 Å². The number of amides is 1. The first-order valence-corrected chi connectivity index (χ1v) is 11.3. The second kappa shape index (κ2) is 8.60. The Kier molecular flexibility index (Phi) is 6.29.